The van der Waals surface area contributed by atoms with Crippen LogP contribution in [0.3, 0.4) is 0 Å². The van der Waals surface area contributed by atoms with Crippen molar-refractivity contribution in [2.75, 3.05) is 6.67 Å². The average Bonchev–Trinajstić information content (AvgIpc) is 2.18. The first-order valence-electron chi connectivity index (χ1n) is 2.79. The third kappa shape index (κ3) is 2.23. The lowest BCUT2D eigenvalue weighted by atomic mass is 10.3. The Morgan fingerprint density at radius 2 is 2.40 bits per heavy atom. The molecule has 1 heterocycles. The maximum Gasteiger partial charge on any atom is 0.0943 e. The molecule has 1 rings (SSSR count). The summed E-state index contributed by atoms with van der Waals surface area (Å²) in [6.07, 6.45) is 0.524. The van der Waals surface area contributed by atoms with Gasteiger partial charge in [-0.3, -0.25) is 4.39 Å². The van der Waals surface area contributed by atoms with Gasteiger partial charge in [0.1, 0.15) is 0 Å². The monoisotopic (exact) mass is 181 g/mol. The first-order chi connectivity index (χ1) is 4.34. The third-order valence-corrected chi connectivity index (χ3v) is 2.16. The van der Waals surface area contributed by atoms with Crippen LogP contribution in [0.2, 0.25) is 0 Å². The lowest BCUT2D eigenvalue weighted by molar-refractivity contribution is 0.497. The van der Waals surface area contributed by atoms with Gasteiger partial charge in [-0.2, -0.15) is 0 Å². The Morgan fingerprint density at radius 1 is 1.70 bits per heavy atom. The van der Waals surface area contributed by atoms with Crippen molar-refractivity contribution in [1.29, 1.82) is 0 Å². The number of alkyl halides is 1. The van der Waals surface area contributed by atoms with Crippen LogP contribution < -0.4 is 0 Å². The maximum atomic E-state index is 11.7. The van der Waals surface area contributed by atoms with Crippen molar-refractivity contribution >= 4 is 23.7 Å². The zero-order valence-electron chi connectivity index (χ0n) is 5.63. The van der Waals surface area contributed by atoms with Gasteiger partial charge in [-0.15, -0.1) is 23.7 Å². The van der Waals surface area contributed by atoms with E-state index in [1.54, 1.807) is 5.51 Å². The standard InChI is InChI=1S/C6H8FNS.ClH/c1-5-6(2-3-7)9-4-8-5;/h4H,2-3H2,1H3;1H. The van der Waals surface area contributed by atoms with Gasteiger partial charge in [0, 0.05) is 11.3 Å². The summed E-state index contributed by atoms with van der Waals surface area (Å²) in [5.74, 6) is 0. The number of aryl methyl sites for hydroxylation is 2. The fraction of sp³-hybridized carbons (Fsp3) is 0.500. The maximum absolute atomic E-state index is 11.7. The van der Waals surface area contributed by atoms with Crippen LogP contribution in [0.4, 0.5) is 4.39 Å². The molecule has 58 valence electrons. The molecule has 0 aliphatic heterocycles. The number of hydrogen-bond acceptors (Lipinski definition) is 2. The molecule has 1 nitrogen and oxygen atoms in total. The molecule has 4 heteroatoms. The third-order valence-electron chi connectivity index (χ3n) is 1.17. The summed E-state index contributed by atoms with van der Waals surface area (Å²) < 4.78 is 11.7. The van der Waals surface area contributed by atoms with Crippen molar-refractivity contribution in [2.45, 2.75) is 13.3 Å². The molecule has 0 saturated heterocycles. The van der Waals surface area contributed by atoms with Crippen molar-refractivity contribution in [3.8, 4) is 0 Å². The Labute approximate surface area is 69.7 Å². The highest BCUT2D eigenvalue weighted by Gasteiger charge is 1.98. The molecule has 0 radical (unpaired) electrons. The van der Waals surface area contributed by atoms with Gasteiger partial charge >= 0.3 is 0 Å². The lowest BCUT2D eigenvalue weighted by Crippen LogP contribution is -1.84. The second-order valence-corrected chi connectivity index (χ2v) is 2.74. The van der Waals surface area contributed by atoms with Gasteiger partial charge in [0.25, 0.3) is 0 Å². The Morgan fingerprint density at radius 3 is 2.80 bits per heavy atom. The molecule has 0 N–H and O–H groups in total. The number of hydrogen-bond donors (Lipinski definition) is 0. The molecule has 0 bridgehead atoms. The van der Waals surface area contributed by atoms with Crippen LogP contribution in [-0.4, -0.2) is 11.7 Å². The van der Waals surface area contributed by atoms with Crippen LogP contribution >= 0.6 is 23.7 Å². The molecule has 0 unspecified atom stereocenters. The van der Waals surface area contributed by atoms with Crippen molar-refractivity contribution in [3.05, 3.63) is 16.1 Å². The minimum absolute atomic E-state index is 0. The zero-order valence-corrected chi connectivity index (χ0v) is 7.27. The largest absolute Gasteiger partial charge is 0.251 e. The Hall–Kier alpha value is -0.150. The van der Waals surface area contributed by atoms with E-state index in [9.17, 15) is 4.39 Å². The van der Waals surface area contributed by atoms with Crippen molar-refractivity contribution in [1.82, 2.24) is 4.98 Å². The SMILES string of the molecule is Cc1ncsc1CCF.Cl. The zero-order chi connectivity index (χ0) is 6.69. The van der Waals surface area contributed by atoms with Crippen molar-refractivity contribution < 1.29 is 4.39 Å². The summed E-state index contributed by atoms with van der Waals surface area (Å²) >= 11 is 1.52. The first-order valence-corrected chi connectivity index (χ1v) is 3.67. The Bertz CT molecular complexity index is 190. The van der Waals surface area contributed by atoms with Crippen LogP contribution in [0.5, 0.6) is 0 Å². The first kappa shape index (κ1) is 9.85. The molecule has 0 spiro atoms. The highest BCUT2D eigenvalue weighted by Crippen LogP contribution is 2.12. The van der Waals surface area contributed by atoms with Crippen LogP contribution in [-0.2, 0) is 6.42 Å². The number of nitrogens with zero attached hydrogens (tertiary/aromatic N) is 1. The summed E-state index contributed by atoms with van der Waals surface area (Å²) in [4.78, 5) is 5.05. The van der Waals surface area contributed by atoms with E-state index in [4.69, 9.17) is 0 Å². The second-order valence-electron chi connectivity index (χ2n) is 1.80. The fourth-order valence-corrected chi connectivity index (χ4v) is 1.41. The minimum atomic E-state index is -0.275. The van der Waals surface area contributed by atoms with E-state index in [1.165, 1.54) is 11.3 Å². The van der Waals surface area contributed by atoms with Crippen LogP contribution in [0.1, 0.15) is 10.6 Å². The molecule has 0 aliphatic carbocycles. The molecule has 0 fully saturated rings. The van der Waals surface area contributed by atoms with Crippen molar-refractivity contribution in [2.24, 2.45) is 0 Å². The van der Waals surface area contributed by atoms with E-state index in [0.717, 1.165) is 10.6 Å². The molecule has 0 aromatic carbocycles. The molecular weight excluding hydrogens is 173 g/mol. The van der Waals surface area contributed by atoms with Gasteiger partial charge in [0.15, 0.2) is 0 Å². The van der Waals surface area contributed by atoms with Gasteiger partial charge in [0.05, 0.1) is 17.9 Å². The van der Waals surface area contributed by atoms with E-state index in [2.05, 4.69) is 4.98 Å². The second kappa shape index (κ2) is 4.63. The molecule has 0 saturated carbocycles. The lowest BCUT2D eigenvalue weighted by Gasteiger charge is -1.88. The molecule has 0 amide bonds. The van der Waals surface area contributed by atoms with E-state index in [1.807, 2.05) is 6.92 Å². The highest BCUT2D eigenvalue weighted by atomic mass is 35.5. The van der Waals surface area contributed by atoms with Gasteiger partial charge < -0.3 is 0 Å². The quantitative estimate of drug-likeness (QED) is 0.683. The van der Waals surface area contributed by atoms with E-state index in [0.29, 0.717) is 6.42 Å². The summed E-state index contributed by atoms with van der Waals surface area (Å²) in [6, 6.07) is 0. The predicted octanol–water partition coefficient (Wildman–Crippen LogP) is 2.39. The number of halogens is 2. The molecule has 1 aromatic heterocycles. The summed E-state index contributed by atoms with van der Waals surface area (Å²) in [5.41, 5.74) is 2.72. The highest BCUT2D eigenvalue weighted by molar-refractivity contribution is 7.09. The van der Waals surface area contributed by atoms with Crippen LogP contribution in [0.25, 0.3) is 0 Å². The smallest absolute Gasteiger partial charge is 0.0943 e. The topological polar surface area (TPSA) is 12.9 Å². The molecule has 0 atom stereocenters. The number of aromatic nitrogens is 1. The Kier molecular flexibility index (Phi) is 4.56. The van der Waals surface area contributed by atoms with E-state index < -0.39 is 0 Å². The summed E-state index contributed by atoms with van der Waals surface area (Å²) in [5, 5.41) is 0. The summed E-state index contributed by atoms with van der Waals surface area (Å²) in [6.45, 7) is 1.63. The van der Waals surface area contributed by atoms with Crippen LogP contribution in [0.15, 0.2) is 5.51 Å². The average molecular weight is 182 g/mol. The number of rotatable bonds is 2. The summed E-state index contributed by atoms with van der Waals surface area (Å²) in [7, 11) is 0. The van der Waals surface area contributed by atoms with E-state index >= 15 is 0 Å². The van der Waals surface area contributed by atoms with Gasteiger partial charge in [-0.25, -0.2) is 4.98 Å². The molecule has 10 heavy (non-hydrogen) atoms. The fourth-order valence-electron chi connectivity index (χ4n) is 0.652. The minimum Gasteiger partial charge on any atom is -0.251 e. The van der Waals surface area contributed by atoms with Crippen molar-refractivity contribution in [3.63, 3.8) is 0 Å². The van der Waals surface area contributed by atoms with Gasteiger partial charge in [0.2, 0.25) is 0 Å². The number of thiazole rings is 1. The molecular formula is C6H9ClFNS. The molecule has 1 aromatic rings. The van der Waals surface area contributed by atoms with Gasteiger partial charge in [-0.1, -0.05) is 0 Å². The van der Waals surface area contributed by atoms with Gasteiger partial charge in [-0.05, 0) is 6.92 Å². The molecule has 0 aliphatic rings. The predicted molar refractivity (Wildman–Crippen MR) is 43.8 cm³/mol. The van der Waals surface area contributed by atoms with Crippen LogP contribution in [0, 0.1) is 6.92 Å². The van der Waals surface area contributed by atoms with E-state index in [-0.39, 0.29) is 19.1 Å². The normalized spacial score (nSPS) is 9.00. The Balaban J connectivity index is 0.000000810.